The zero-order chi connectivity index (χ0) is 25.4. The Morgan fingerprint density at radius 3 is 2.37 bits per heavy atom. The van der Waals surface area contributed by atoms with E-state index in [1.165, 1.54) is 25.3 Å². The number of hydrogen-bond acceptors (Lipinski definition) is 5. The van der Waals surface area contributed by atoms with Crippen molar-refractivity contribution in [2.45, 2.75) is 25.6 Å². The van der Waals surface area contributed by atoms with Crippen molar-refractivity contribution in [1.82, 2.24) is 4.90 Å². The summed E-state index contributed by atoms with van der Waals surface area (Å²) in [4.78, 5) is 28.5. The van der Waals surface area contributed by atoms with Gasteiger partial charge in [0.15, 0.2) is 0 Å². The average Bonchev–Trinajstić information content (AvgIpc) is 3.00. The third-order valence-electron chi connectivity index (χ3n) is 6.00. The van der Waals surface area contributed by atoms with Gasteiger partial charge < -0.3 is 25.4 Å². The summed E-state index contributed by atoms with van der Waals surface area (Å²) in [6.45, 7) is 5.42. The van der Waals surface area contributed by atoms with E-state index in [2.05, 4.69) is 0 Å². The second kappa shape index (κ2) is 10.6. The highest BCUT2D eigenvalue weighted by Gasteiger charge is 2.57. The first-order valence-corrected chi connectivity index (χ1v) is 10.9. The van der Waals surface area contributed by atoms with E-state index < -0.39 is 40.3 Å². The Kier molecular flexibility index (Phi) is 8.70. The van der Waals surface area contributed by atoms with Gasteiger partial charge in [-0.15, -0.1) is 12.4 Å². The topological polar surface area (TPSA) is 96.1 Å². The number of ether oxygens (including phenoxy) is 1. The van der Waals surface area contributed by atoms with Crippen molar-refractivity contribution in [1.29, 1.82) is 0 Å². The summed E-state index contributed by atoms with van der Waals surface area (Å²) in [5.74, 6) is -2.15. The lowest BCUT2D eigenvalue weighted by Crippen LogP contribution is -2.44. The average molecular weight is 536 g/mol. The highest BCUT2D eigenvalue weighted by atomic mass is 35.5. The molecule has 0 saturated heterocycles. The van der Waals surface area contributed by atoms with Gasteiger partial charge >= 0.3 is 6.18 Å². The smallest absolute Gasteiger partial charge is 0.416 e. The Labute approximate surface area is 212 Å². The van der Waals surface area contributed by atoms with Crippen LogP contribution in [0.25, 0.3) is 0 Å². The van der Waals surface area contributed by atoms with Crippen molar-refractivity contribution in [2.75, 3.05) is 38.2 Å². The number of primary amides is 1. The van der Waals surface area contributed by atoms with Gasteiger partial charge in [0, 0.05) is 34.8 Å². The molecule has 2 aromatic carbocycles. The first kappa shape index (κ1) is 28.7. The molecule has 1 aliphatic heterocycles. The van der Waals surface area contributed by atoms with Gasteiger partial charge in [-0.1, -0.05) is 31.5 Å². The number of nitrogens with two attached hydrogens (primary N) is 1. The standard InChI is InChI=1S/C23H25ClF3N3O4.ClH/c1-4-29(5-2)8-9-30-17-11-13(20(28)31)10-16(23(25,26)27)19(17)22(33,21(30)32)15-7-6-14(24)12-18(15)34-3;/h6-7,10-12,33H,4-5,8-9H2,1-3H3,(H2,28,31);1H. The van der Waals surface area contributed by atoms with Crippen LogP contribution in [-0.4, -0.2) is 55.1 Å². The minimum absolute atomic E-state index is 0. The van der Waals surface area contributed by atoms with E-state index in [4.69, 9.17) is 22.1 Å². The molecular weight excluding hydrogens is 510 g/mol. The summed E-state index contributed by atoms with van der Waals surface area (Å²) in [6.07, 6.45) is -5.00. The molecule has 3 N–H and O–H groups in total. The summed E-state index contributed by atoms with van der Waals surface area (Å²) in [5.41, 5.74) is -0.338. The maximum absolute atomic E-state index is 14.2. The molecular formula is C23H26Cl2F3N3O4. The van der Waals surface area contributed by atoms with E-state index >= 15 is 0 Å². The van der Waals surface area contributed by atoms with Crippen molar-refractivity contribution in [2.24, 2.45) is 5.73 Å². The molecule has 1 aliphatic rings. The number of alkyl halides is 3. The molecule has 0 saturated carbocycles. The monoisotopic (exact) mass is 535 g/mol. The number of nitrogens with zero attached hydrogens (tertiary/aromatic N) is 2. The number of fused-ring (bicyclic) bond motifs is 1. The number of amides is 2. The van der Waals surface area contributed by atoms with Crippen molar-refractivity contribution in [3.05, 3.63) is 57.6 Å². The molecule has 1 atom stereocenters. The fourth-order valence-corrected chi connectivity index (χ4v) is 4.38. The Bertz CT molecular complexity index is 1130. The fourth-order valence-electron chi connectivity index (χ4n) is 4.21. The number of halogens is 5. The van der Waals surface area contributed by atoms with Crippen molar-refractivity contribution in [3.8, 4) is 5.75 Å². The predicted octanol–water partition coefficient (Wildman–Crippen LogP) is 3.81. The molecule has 0 aromatic heterocycles. The largest absolute Gasteiger partial charge is 0.496 e. The Balaban J connectivity index is 0.00000432. The summed E-state index contributed by atoms with van der Waals surface area (Å²) in [5, 5.41) is 12.0. The molecule has 0 aliphatic carbocycles. The molecule has 0 bridgehead atoms. The van der Waals surface area contributed by atoms with Crippen molar-refractivity contribution < 1.29 is 32.6 Å². The number of rotatable bonds is 8. The summed E-state index contributed by atoms with van der Waals surface area (Å²) in [7, 11) is 1.25. The minimum Gasteiger partial charge on any atom is -0.496 e. The zero-order valence-electron chi connectivity index (χ0n) is 19.3. The van der Waals surface area contributed by atoms with Crippen LogP contribution in [-0.2, 0) is 16.6 Å². The van der Waals surface area contributed by atoms with Gasteiger partial charge in [0.25, 0.3) is 5.91 Å². The van der Waals surface area contributed by atoms with Crippen molar-refractivity contribution in [3.63, 3.8) is 0 Å². The van der Waals surface area contributed by atoms with Gasteiger partial charge in [-0.05, 0) is 37.4 Å². The Hall–Kier alpha value is -2.53. The van der Waals surface area contributed by atoms with Gasteiger partial charge in [-0.2, -0.15) is 13.2 Å². The molecule has 192 valence electrons. The number of hydrogen-bond donors (Lipinski definition) is 2. The summed E-state index contributed by atoms with van der Waals surface area (Å²) >= 11 is 6.00. The molecule has 12 heteroatoms. The first-order chi connectivity index (χ1) is 15.9. The Morgan fingerprint density at radius 1 is 1.23 bits per heavy atom. The van der Waals surface area contributed by atoms with E-state index in [1.54, 1.807) is 0 Å². The minimum atomic E-state index is -5.00. The molecule has 1 unspecified atom stereocenters. The van der Waals surface area contributed by atoms with Crippen LogP contribution in [0.15, 0.2) is 30.3 Å². The van der Waals surface area contributed by atoms with E-state index in [1.807, 2.05) is 18.7 Å². The zero-order valence-corrected chi connectivity index (χ0v) is 20.9. The van der Waals surface area contributed by atoms with Crippen LogP contribution in [0.2, 0.25) is 5.02 Å². The lowest BCUT2D eigenvalue weighted by Gasteiger charge is -2.27. The molecule has 3 rings (SSSR count). The van der Waals surface area contributed by atoms with Gasteiger partial charge in [-0.25, -0.2) is 0 Å². The van der Waals surface area contributed by atoms with E-state index in [0.29, 0.717) is 25.7 Å². The molecule has 0 spiro atoms. The quantitative estimate of drug-likeness (QED) is 0.535. The second-order valence-corrected chi connectivity index (χ2v) is 8.26. The molecule has 0 radical (unpaired) electrons. The summed E-state index contributed by atoms with van der Waals surface area (Å²) in [6, 6.07) is 5.54. The first-order valence-electron chi connectivity index (χ1n) is 10.6. The van der Waals surface area contributed by atoms with Gasteiger partial charge in [-0.3, -0.25) is 9.59 Å². The highest BCUT2D eigenvalue weighted by Crippen LogP contribution is 2.52. The SMILES string of the molecule is CCN(CC)CCN1C(=O)C(O)(c2ccc(Cl)cc2OC)c2c1cc(C(N)=O)cc2C(F)(F)F.Cl. The fraction of sp³-hybridized carbons (Fsp3) is 0.391. The predicted molar refractivity (Wildman–Crippen MR) is 128 cm³/mol. The van der Waals surface area contributed by atoms with Crippen LogP contribution in [0.5, 0.6) is 5.75 Å². The van der Waals surface area contributed by atoms with E-state index in [0.717, 1.165) is 11.0 Å². The number of anilines is 1. The number of carbonyl (C=O) groups excluding carboxylic acids is 2. The van der Waals surface area contributed by atoms with Crippen LogP contribution in [0.4, 0.5) is 18.9 Å². The number of benzene rings is 2. The van der Waals surface area contributed by atoms with Crippen molar-refractivity contribution >= 4 is 41.5 Å². The molecule has 1 heterocycles. The van der Waals surface area contributed by atoms with Crippen LogP contribution in [0.1, 0.15) is 40.9 Å². The molecule has 2 aromatic rings. The van der Waals surface area contributed by atoms with Crippen LogP contribution < -0.4 is 15.4 Å². The number of methoxy groups -OCH3 is 1. The van der Waals surface area contributed by atoms with Gasteiger partial charge in [0.1, 0.15) is 5.75 Å². The maximum Gasteiger partial charge on any atom is 0.416 e. The van der Waals surface area contributed by atoms with E-state index in [-0.39, 0.29) is 41.0 Å². The third-order valence-corrected chi connectivity index (χ3v) is 6.24. The van der Waals surface area contributed by atoms with Crippen LogP contribution >= 0.6 is 24.0 Å². The number of carbonyl (C=O) groups is 2. The molecule has 35 heavy (non-hydrogen) atoms. The lowest BCUT2D eigenvalue weighted by atomic mass is 9.83. The van der Waals surface area contributed by atoms with Gasteiger partial charge in [0.2, 0.25) is 11.5 Å². The van der Waals surface area contributed by atoms with Crippen LogP contribution in [0.3, 0.4) is 0 Å². The van der Waals surface area contributed by atoms with Crippen LogP contribution in [0, 0.1) is 0 Å². The lowest BCUT2D eigenvalue weighted by molar-refractivity contribution is -0.142. The summed E-state index contributed by atoms with van der Waals surface area (Å²) < 4.78 is 47.9. The normalized spacial score (nSPS) is 17.4. The Morgan fingerprint density at radius 2 is 1.86 bits per heavy atom. The molecule has 0 fully saturated rings. The number of likely N-dealkylation sites (N-methyl/N-ethyl adjacent to an activating group) is 1. The van der Waals surface area contributed by atoms with Gasteiger partial charge in [0.05, 0.1) is 18.4 Å². The second-order valence-electron chi connectivity index (χ2n) is 7.82. The highest BCUT2D eigenvalue weighted by molar-refractivity contribution is 6.30. The maximum atomic E-state index is 14.2. The third kappa shape index (κ3) is 5.06. The molecule has 2 amide bonds. The van der Waals surface area contributed by atoms with E-state index in [9.17, 15) is 27.9 Å². The number of aliphatic hydroxyl groups is 1. The molecule has 7 nitrogen and oxygen atoms in total.